The predicted molar refractivity (Wildman–Crippen MR) is 77.2 cm³/mol. The van der Waals surface area contributed by atoms with Gasteiger partial charge in [-0.05, 0) is 23.8 Å². The zero-order valence-corrected chi connectivity index (χ0v) is 12.3. The van der Waals surface area contributed by atoms with E-state index in [1.54, 1.807) is 18.2 Å². The fourth-order valence-corrected chi connectivity index (χ4v) is 2.40. The zero-order valence-electron chi connectivity index (χ0n) is 9.98. The molecular weight excluding hydrogens is 353 g/mol. The number of halogens is 3. The van der Waals surface area contributed by atoms with Crippen molar-refractivity contribution < 1.29 is 14.1 Å². The first kappa shape index (κ1) is 14.7. The fourth-order valence-electron chi connectivity index (χ4n) is 1.51. The summed E-state index contributed by atoms with van der Waals surface area (Å²) in [5, 5.41) is 11.6. The second-order valence-corrected chi connectivity index (χ2v) is 4.83. The van der Waals surface area contributed by atoms with Crippen LogP contribution in [0.5, 0.6) is 11.5 Å². The van der Waals surface area contributed by atoms with Crippen molar-refractivity contribution in [2.24, 2.45) is 0 Å². The van der Waals surface area contributed by atoms with Crippen LogP contribution in [0, 0.1) is 15.9 Å². The van der Waals surface area contributed by atoms with Crippen molar-refractivity contribution in [3.8, 4) is 11.5 Å². The molecule has 20 heavy (non-hydrogen) atoms. The summed E-state index contributed by atoms with van der Waals surface area (Å²) in [7, 11) is 0. The normalized spacial score (nSPS) is 10.3. The summed E-state index contributed by atoms with van der Waals surface area (Å²) in [4.78, 5) is 9.84. The molecule has 0 bridgehead atoms. The van der Waals surface area contributed by atoms with E-state index in [0.29, 0.717) is 16.1 Å². The van der Waals surface area contributed by atoms with Gasteiger partial charge in [0.15, 0.2) is 11.6 Å². The molecule has 0 atom stereocenters. The molecule has 0 unspecified atom stereocenters. The molecular formula is C13H8BrClFNO3. The third kappa shape index (κ3) is 3.26. The van der Waals surface area contributed by atoms with E-state index < -0.39 is 10.7 Å². The first-order valence-electron chi connectivity index (χ1n) is 5.47. The molecule has 0 aliphatic heterocycles. The molecule has 0 radical (unpaired) electrons. The van der Waals surface area contributed by atoms with E-state index in [-0.39, 0.29) is 11.4 Å². The maximum atomic E-state index is 13.7. The molecule has 0 saturated carbocycles. The fraction of sp³-hybridized carbons (Fsp3) is 0.0769. The maximum absolute atomic E-state index is 13.7. The minimum atomic E-state index is -0.806. The molecule has 7 heteroatoms. The number of ether oxygens (including phenoxy) is 1. The van der Waals surface area contributed by atoms with Gasteiger partial charge < -0.3 is 4.74 Å². The van der Waals surface area contributed by atoms with E-state index in [2.05, 4.69) is 15.9 Å². The molecule has 0 heterocycles. The number of alkyl halides is 1. The Morgan fingerprint density at radius 3 is 2.60 bits per heavy atom. The first-order chi connectivity index (χ1) is 9.51. The highest BCUT2D eigenvalue weighted by atomic mass is 79.9. The number of rotatable bonds is 4. The Labute approximate surface area is 127 Å². The van der Waals surface area contributed by atoms with Gasteiger partial charge in [-0.3, -0.25) is 10.1 Å². The molecule has 2 aromatic carbocycles. The summed E-state index contributed by atoms with van der Waals surface area (Å²) in [6.45, 7) is 0. The summed E-state index contributed by atoms with van der Waals surface area (Å²) in [6.07, 6.45) is 0. The standard InChI is InChI=1S/C13H8BrClFNO3/c14-7-8-1-3-10(6-11(8)15)20-13-4-2-9(17(18)19)5-12(13)16/h1-6H,7H2. The Balaban J connectivity index is 2.26. The Bertz CT molecular complexity index is 666. The third-order valence-corrected chi connectivity index (χ3v) is 3.48. The Kier molecular flexibility index (Phi) is 4.57. The highest BCUT2D eigenvalue weighted by Gasteiger charge is 2.12. The monoisotopic (exact) mass is 359 g/mol. The largest absolute Gasteiger partial charge is 0.454 e. The summed E-state index contributed by atoms with van der Waals surface area (Å²) in [5.41, 5.74) is 0.547. The lowest BCUT2D eigenvalue weighted by Crippen LogP contribution is -1.93. The Morgan fingerprint density at radius 2 is 2.05 bits per heavy atom. The van der Waals surface area contributed by atoms with Crippen LogP contribution in [-0.4, -0.2) is 4.92 Å². The van der Waals surface area contributed by atoms with Crippen LogP contribution in [0.3, 0.4) is 0 Å². The van der Waals surface area contributed by atoms with Gasteiger partial charge >= 0.3 is 0 Å². The quantitative estimate of drug-likeness (QED) is 0.434. The number of non-ortho nitro benzene ring substituents is 1. The van der Waals surface area contributed by atoms with Gasteiger partial charge in [0.25, 0.3) is 5.69 Å². The van der Waals surface area contributed by atoms with Crippen molar-refractivity contribution in [1.82, 2.24) is 0 Å². The van der Waals surface area contributed by atoms with Gasteiger partial charge in [-0.1, -0.05) is 33.6 Å². The second kappa shape index (κ2) is 6.19. The predicted octanol–water partition coefficient (Wildman–Crippen LogP) is 5.07. The minimum Gasteiger partial charge on any atom is -0.454 e. The van der Waals surface area contributed by atoms with Crippen LogP contribution in [0.25, 0.3) is 0 Å². The molecule has 0 aliphatic carbocycles. The number of nitro groups is 1. The molecule has 4 nitrogen and oxygen atoms in total. The lowest BCUT2D eigenvalue weighted by Gasteiger charge is -2.08. The molecule has 0 N–H and O–H groups in total. The topological polar surface area (TPSA) is 52.4 Å². The molecule has 0 aromatic heterocycles. The van der Waals surface area contributed by atoms with Gasteiger partial charge in [0.05, 0.1) is 11.0 Å². The average Bonchev–Trinajstić information content (AvgIpc) is 2.41. The van der Waals surface area contributed by atoms with Crippen molar-refractivity contribution in [2.75, 3.05) is 0 Å². The minimum absolute atomic E-state index is 0.0988. The molecule has 104 valence electrons. The van der Waals surface area contributed by atoms with Crippen molar-refractivity contribution in [3.05, 3.63) is 62.9 Å². The Morgan fingerprint density at radius 1 is 1.30 bits per heavy atom. The first-order valence-corrected chi connectivity index (χ1v) is 6.97. The van der Waals surface area contributed by atoms with Crippen molar-refractivity contribution in [1.29, 1.82) is 0 Å². The molecule has 0 amide bonds. The van der Waals surface area contributed by atoms with E-state index in [9.17, 15) is 14.5 Å². The molecule has 2 rings (SSSR count). The van der Waals surface area contributed by atoms with Gasteiger partial charge in [0, 0.05) is 16.4 Å². The van der Waals surface area contributed by atoms with Gasteiger partial charge in [-0.25, -0.2) is 4.39 Å². The van der Waals surface area contributed by atoms with Crippen LogP contribution in [0.15, 0.2) is 36.4 Å². The molecule has 0 aliphatic rings. The lowest BCUT2D eigenvalue weighted by atomic mass is 10.2. The molecule has 2 aromatic rings. The Hall–Kier alpha value is -1.66. The van der Waals surface area contributed by atoms with E-state index in [4.69, 9.17) is 16.3 Å². The van der Waals surface area contributed by atoms with Gasteiger partial charge in [0.2, 0.25) is 0 Å². The number of benzene rings is 2. The van der Waals surface area contributed by atoms with Crippen LogP contribution in [0.4, 0.5) is 10.1 Å². The summed E-state index contributed by atoms with van der Waals surface area (Å²) in [6, 6.07) is 8.13. The maximum Gasteiger partial charge on any atom is 0.272 e. The SMILES string of the molecule is O=[N+]([O-])c1ccc(Oc2ccc(CBr)c(Cl)c2)c(F)c1. The second-order valence-electron chi connectivity index (χ2n) is 3.86. The third-order valence-electron chi connectivity index (χ3n) is 2.52. The lowest BCUT2D eigenvalue weighted by molar-refractivity contribution is -0.385. The molecule has 0 fully saturated rings. The number of hydrogen-bond acceptors (Lipinski definition) is 3. The van der Waals surface area contributed by atoms with Crippen LogP contribution in [-0.2, 0) is 5.33 Å². The van der Waals surface area contributed by atoms with E-state index in [0.717, 1.165) is 11.6 Å². The number of hydrogen-bond donors (Lipinski definition) is 0. The van der Waals surface area contributed by atoms with Crippen molar-refractivity contribution in [3.63, 3.8) is 0 Å². The van der Waals surface area contributed by atoms with E-state index in [1.165, 1.54) is 12.1 Å². The smallest absolute Gasteiger partial charge is 0.272 e. The highest BCUT2D eigenvalue weighted by Crippen LogP contribution is 2.30. The van der Waals surface area contributed by atoms with Crippen LogP contribution in [0.2, 0.25) is 5.02 Å². The van der Waals surface area contributed by atoms with Gasteiger partial charge in [-0.2, -0.15) is 0 Å². The molecule has 0 spiro atoms. The van der Waals surface area contributed by atoms with Crippen LogP contribution in [0.1, 0.15) is 5.56 Å². The van der Waals surface area contributed by atoms with Crippen LogP contribution < -0.4 is 4.74 Å². The van der Waals surface area contributed by atoms with E-state index >= 15 is 0 Å². The molecule has 0 saturated heterocycles. The highest BCUT2D eigenvalue weighted by molar-refractivity contribution is 9.08. The summed E-state index contributed by atoms with van der Waals surface area (Å²) >= 11 is 9.29. The van der Waals surface area contributed by atoms with Crippen LogP contribution >= 0.6 is 27.5 Å². The summed E-state index contributed by atoms with van der Waals surface area (Å²) < 4.78 is 19.0. The number of nitro benzene ring substituents is 1. The van der Waals surface area contributed by atoms with Gasteiger partial charge in [0.1, 0.15) is 5.75 Å². The van der Waals surface area contributed by atoms with E-state index in [1.807, 2.05) is 0 Å². The van der Waals surface area contributed by atoms with Crippen molar-refractivity contribution in [2.45, 2.75) is 5.33 Å². The summed E-state index contributed by atoms with van der Waals surface area (Å²) in [5.74, 6) is -0.550. The number of nitrogens with zero attached hydrogens (tertiary/aromatic N) is 1. The average molecular weight is 361 g/mol. The van der Waals surface area contributed by atoms with Crippen molar-refractivity contribution >= 4 is 33.2 Å². The zero-order chi connectivity index (χ0) is 14.7. The van der Waals surface area contributed by atoms with Gasteiger partial charge in [-0.15, -0.1) is 0 Å².